The zero-order chi connectivity index (χ0) is 20.1. The Morgan fingerprint density at radius 2 is 2.14 bits per heavy atom. The number of carbonyl (C=O) groups is 2. The molecule has 0 spiro atoms. The molecule has 1 saturated heterocycles. The molecule has 0 saturated carbocycles. The van der Waals surface area contributed by atoms with Crippen molar-refractivity contribution in [1.29, 1.82) is 0 Å². The van der Waals surface area contributed by atoms with Gasteiger partial charge in [0.05, 0.1) is 24.2 Å². The fourth-order valence-corrected chi connectivity index (χ4v) is 3.46. The largest absolute Gasteiger partial charge is 0.481 e. The van der Waals surface area contributed by atoms with Crippen molar-refractivity contribution in [2.45, 2.75) is 32.6 Å². The maximum Gasteiger partial charge on any atom is 0.307 e. The van der Waals surface area contributed by atoms with Crippen LogP contribution in [-0.4, -0.2) is 35.1 Å². The van der Waals surface area contributed by atoms with E-state index in [1.807, 2.05) is 12.4 Å². The van der Waals surface area contributed by atoms with E-state index in [1.165, 1.54) is 18.2 Å². The highest BCUT2D eigenvalue weighted by atomic mass is 19.1. The van der Waals surface area contributed by atoms with E-state index in [2.05, 4.69) is 28.2 Å². The van der Waals surface area contributed by atoms with Gasteiger partial charge < -0.3 is 15.3 Å². The minimum Gasteiger partial charge on any atom is -0.481 e. The minimum absolute atomic E-state index is 0.0537. The van der Waals surface area contributed by atoms with Crippen molar-refractivity contribution < 1.29 is 19.1 Å². The number of nitrogens with zero attached hydrogens (tertiary/aromatic N) is 2. The number of carboxylic acid groups (broad SMARTS) is 1. The fourth-order valence-electron chi connectivity index (χ4n) is 3.46. The maximum atomic E-state index is 13.7. The zero-order valence-corrected chi connectivity index (χ0v) is 15.8. The summed E-state index contributed by atoms with van der Waals surface area (Å²) < 4.78 is 13.7. The summed E-state index contributed by atoms with van der Waals surface area (Å²) in [5, 5.41) is 11.7. The van der Waals surface area contributed by atoms with Gasteiger partial charge in [-0.1, -0.05) is 6.92 Å². The Labute approximate surface area is 163 Å². The van der Waals surface area contributed by atoms with E-state index in [4.69, 9.17) is 5.11 Å². The van der Waals surface area contributed by atoms with Gasteiger partial charge in [0.1, 0.15) is 5.82 Å². The van der Waals surface area contributed by atoms with E-state index in [9.17, 15) is 14.0 Å². The number of hydrogen-bond donors (Lipinski definition) is 2. The summed E-state index contributed by atoms with van der Waals surface area (Å²) in [6.45, 7) is 3.54. The number of carbonyl (C=O) groups excluding carboxylic acids is 1. The molecule has 0 aliphatic carbocycles. The quantitative estimate of drug-likeness (QED) is 0.798. The van der Waals surface area contributed by atoms with Crippen LogP contribution in [0.25, 0.3) is 0 Å². The van der Waals surface area contributed by atoms with Crippen LogP contribution in [0, 0.1) is 11.7 Å². The van der Waals surface area contributed by atoms with Crippen LogP contribution < -0.4 is 10.2 Å². The van der Waals surface area contributed by atoms with Crippen LogP contribution in [0.4, 0.5) is 15.8 Å². The Morgan fingerprint density at radius 3 is 2.89 bits per heavy atom. The molecule has 28 heavy (non-hydrogen) atoms. The van der Waals surface area contributed by atoms with Gasteiger partial charge in [-0.2, -0.15) is 0 Å². The summed E-state index contributed by atoms with van der Waals surface area (Å²) in [5.74, 6) is -2.05. The third-order valence-electron chi connectivity index (χ3n) is 5.00. The predicted octanol–water partition coefficient (Wildman–Crippen LogP) is 3.27. The Kier molecular flexibility index (Phi) is 6.23. The summed E-state index contributed by atoms with van der Waals surface area (Å²) in [4.78, 5) is 30.0. The lowest BCUT2D eigenvalue weighted by Crippen LogP contribution is -2.40. The SMILES string of the molecule is CCc1cncc(N2CCCC(C(=O)Nc3ccc(F)c(CC(=O)O)c3)C2)c1. The lowest BCUT2D eigenvalue weighted by atomic mass is 9.96. The van der Waals surface area contributed by atoms with Gasteiger partial charge in [0, 0.05) is 30.5 Å². The molecule has 0 radical (unpaired) electrons. The Balaban J connectivity index is 1.68. The number of benzene rings is 1. The number of carboxylic acids is 1. The van der Waals surface area contributed by atoms with Crippen LogP contribution in [0.3, 0.4) is 0 Å². The van der Waals surface area contributed by atoms with Gasteiger partial charge in [-0.15, -0.1) is 0 Å². The molecule has 3 rings (SSSR count). The average molecular weight is 385 g/mol. The highest BCUT2D eigenvalue weighted by Gasteiger charge is 2.26. The van der Waals surface area contributed by atoms with Gasteiger partial charge in [-0.3, -0.25) is 14.6 Å². The van der Waals surface area contributed by atoms with E-state index in [0.29, 0.717) is 12.2 Å². The number of aromatic nitrogens is 1. The molecular formula is C21H24FN3O3. The molecule has 1 amide bonds. The number of nitrogens with one attached hydrogen (secondary N) is 1. The van der Waals surface area contributed by atoms with E-state index in [0.717, 1.165) is 37.1 Å². The molecule has 2 N–H and O–H groups in total. The lowest BCUT2D eigenvalue weighted by Gasteiger charge is -2.33. The van der Waals surface area contributed by atoms with Crippen LogP contribution in [0.1, 0.15) is 30.9 Å². The summed E-state index contributed by atoms with van der Waals surface area (Å²) in [5.41, 5.74) is 2.64. The Morgan fingerprint density at radius 1 is 1.32 bits per heavy atom. The second kappa shape index (κ2) is 8.82. The second-order valence-electron chi connectivity index (χ2n) is 7.06. The molecule has 6 nitrogen and oxygen atoms in total. The van der Waals surface area contributed by atoms with Crippen molar-refractivity contribution in [2.24, 2.45) is 5.92 Å². The van der Waals surface area contributed by atoms with Gasteiger partial charge in [0.2, 0.25) is 5.91 Å². The number of piperidine rings is 1. The van der Waals surface area contributed by atoms with Crippen molar-refractivity contribution in [3.05, 3.63) is 53.6 Å². The van der Waals surface area contributed by atoms with Crippen molar-refractivity contribution in [1.82, 2.24) is 4.98 Å². The second-order valence-corrected chi connectivity index (χ2v) is 7.06. The molecule has 1 aliphatic heterocycles. The first-order valence-electron chi connectivity index (χ1n) is 9.46. The van der Waals surface area contributed by atoms with Crippen molar-refractivity contribution in [3.63, 3.8) is 0 Å². The molecule has 2 aromatic rings. The molecule has 2 heterocycles. The fraction of sp³-hybridized carbons (Fsp3) is 0.381. The van der Waals surface area contributed by atoms with E-state index >= 15 is 0 Å². The average Bonchev–Trinajstić information content (AvgIpc) is 2.70. The van der Waals surface area contributed by atoms with Crippen molar-refractivity contribution in [3.8, 4) is 0 Å². The number of anilines is 2. The third kappa shape index (κ3) is 4.85. The molecule has 0 bridgehead atoms. The molecule has 1 aromatic carbocycles. The van der Waals surface area contributed by atoms with Gasteiger partial charge in [-0.05, 0) is 49.1 Å². The zero-order valence-electron chi connectivity index (χ0n) is 15.8. The molecular weight excluding hydrogens is 361 g/mol. The first-order valence-corrected chi connectivity index (χ1v) is 9.46. The number of aliphatic carboxylic acids is 1. The lowest BCUT2D eigenvalue weighted by molar-refractivity contribution is -0.136. The molecule has 148 valence electrons. The topological polar surface area (TPSA) is 82.5 Å². The Bertz CT molecular complexity index is 872. The van der Waals surface area contributed by atoms with Crippen LogP contribution in [0.2, 0.25) is 0 Å². The maximum absolute atomic E-state index is 13.7. The number of rotatable bonds is 6. The van der Waals surface area contributed by atoms with E-state index < -0.39 is 18.2 Å². The van der Waals surface area contributed by atoms with Gasteiger partial charge >= 0.3 is 5.97 Å². The first-order chi connectivity index (χ1) is 13.5. The molecule has 1 aromatic heterocycles. The van der Waals surface area contributed by atoms with Crippen LogP contribution in [0.5, 0.6) is 0 Å². The molecule has 1 unspecified atom stereocenters. The summed E-state index contributed by atoms with van der Waals surface area (Å²) in [6.07, 6.45) is 5.81. The molecule has 7 heteroatoms. The van der Waals surface area contributed by atoms with Crippen molar-refractivity contribution in [2.75, 3.05) is 23.3 Å². The minimum atomic E-state index is -1.12. The van der Waals surface area contributed by atoms with Gasteiger partial charge in [-0.25, -0.2) is 4.39 Å². The van der Waals surface area contributed by atoms with E-state index in [-0.39, 0.29) is 17.4 Å². The monoisotopic (exact) mass is 385 g/mol. The molecule has 1 aliphatic rings. The smallest absolute Gasteiger partial charge is 0.307 e. The molecule has 1 fully saturated rings. The van der Waals surface area contributed by atoms with Gasteiger partial charge in [0.25, 0.3) is 0 Å². The number of pyridine rings is 1. The van der Waals surface area contributed by atoms with E-state index in [1.54, 1.807) is 0 Å². The Hall–Kier alpha value is -2.96. The van der Waals surface area contributed by atoms with Crippen LogP contribution in [-0.2, 0) is 22.4 Å². The number of aryl methyl sites for hydroxylation is 1. The summed E-state index contributed by atoms with van der Waals surface area (Å²) >= 11 is 0. The highest BCUT2D eigenvalue weighted by molar-refractivity contribution is 5.93. The van der Waals surface area contributed by atoms with Gasteiger partial charge in [0.15, 0.2) is 0 Å². The predicted molar refractivity (Wildman–Crippen MR) is 105 cm³/mol. The number of hydrogen-bond acceptors (Lipinski definition) is 4. The first kappa shape index (κ1) is 19.8. The highest BCUT2D eigenvalue weighted by Crippen LogP contribution is 2.25. The number of amides is 1. The van der Waals surface area contributed by atoms with Crippen LogP contribution in [0.15, 0.2) is 36.7 Å². The molecule has 1 atom stereocenters. The summed E-state index contributed by atoms with van der Waals surface area (Å²) in [7, 11) is 0. The van der Waals surface area contributed by atoms with Crippen LogP contribution >= 0.6 is 0 Å². The third-order valence-corrected chi connectivity index (χ3v) is 5.00. The standard InChI is InChI=1S/C21H24FN3O3/c1-2-14-8-18(12-23-11-14)25-7-3-4-15(13-25)21(28)24-17-5-6-19(22)16(9-17)10-20(26)27/h5-6,8-9,11-12,15H,2-4,7,10,13H2,1H3,(H,24,28)(H,26,27). The summed E-state index contributed by atoms with van der Waals surface area (Å²) in [6, 6.07) is 6.12. The number of halogens is 1. The normalized spacial score (nSPS) is 16.6. The van der Waals surface area contributed by atoms with Crippen molar-refractivity contribution >= 4 is 23.3 Å².